The maximum absolute atomic E-state index is 12.8. The molecule has 0 N–H and O–H groups in total. The minimum absolute atomic E-state index is 0.0944. The van der Waals surface area contributed by atoms with Crippen molar-refractivity contribution in [3.63, 3.8) is 0 Å². The Balaban J connectivity index is 1.32. The smallest absolute Gasteiger partial charge is 0.260 e. The van der Waals surface area contributed by atoms with E-state index < -0.39 is 0 Å². The van der Waals surface area contributed by atoms with Crippen LogP contribution in [0.25, 0.3) is 11.1 Å². The molecule has 0 saturated carbocycles. The Morgan fingerprint density at radius 1 is 1.00 bits per heavy atom. The molecule has 2 aliphatic rings. The number of carbonyl (C=O) groups excluding carboxylic acids is 2. The molecule has 1 unspecified atom stereocenters. The van der Waals surface area contributed by atoms with Crippen molar-refractivity contribution >= 4 is 23.4 Å². The van der Waals surface area contributed by atoms with Crippen LogP contribution in [0.1, 0.15) is 12.8 Å². The van der Waals surface area contributed by atoms with Crippen LogP contribution in [0.4, 0.5) is 0 Å². The first-order valence-corrected chi connectivity index (χ1v) is 11.1. The number of halogens is 1. The summed E-state index contributed by atoms with van der Waals surface area (Å²) in [5.41, 5.74) is 2.06. The molecule has 7 heteroatoms. The summed E-state index contributed by atoms with van der Waals surface area (Å²) in [6.45, 7) is 3.42. The topological polar surface area (TPSA) is 59.1 Å². The Kier molecular flexibility index (Phi) is 7.10. The molecule has 0 bridgehead atoms. The van der Waals surface area contributed by atoms with E-state index in [0.717, 1.165) is 24.0 Å². The lowest BCUT2D eigenvalue weighted by molar-refractivity contribution is -0.144. The summed E-state index contributed by atoms with van der Waals surface area (Å²) in [6, 6.07) is 15.5. The summed E-state index contributed by atoms with van der Waals surface area (Å²) in [6.07, 6.45) is 1.63. The molecule has 2 aliphatic heterocycles. The van der Waals surface area contributed by atoms with Crippen molar-refractivity contribution in [3.05, 3.63) is 53.6 Å². The number of morpholine rings is 1. The molecule has 164 valence electrons. The van der Waals surface area contributed by atoms with Crippen LogP contribution in [0, 0.1) is 5.92 Å². The minimum atomic E-state index is -0.149. The fraction of sp³-hybridized carbons (Fsp3) is 0.417. The van der Waals surface area contributed by atoms with Gasteiger partial charge < -0.3 is 19.3 Å². The SMILES string of the molecule is O=C(COc1ccc(-c2ccccc2)cc1Cl)N1CCCC(C(=O)N2CCOCC2)C1. The van der Waals surface area contributed by atoms with Crippen LogP contribution in [0.5, 0.6) is 5.75 Å². The van der Waals surface area contributed by atoms with Crippen molar-refractivity contribution in [2.75, 3.05) is 46.0 Å². The third kappa shape index (κ3) is 5.38. The van der Waals surface area contributed by atoms with Gasteiger partial charge in [-0.25, -0.2) is 0 Å². The van der Waals surface area contributed by atoms with Crippen LogP contribution in [0.3, 0.4) is 0 Å². The van der Waals surface area contributed by atoms with Gasteiger partial charge in [-0.1, -0.05) is 48.0 Å². The average molecular weight is 443 g/mol. The normalized spacial score (nSPS) is 19.2. The quantitative estimate of drug-likeness (QED) is 0.711. The summed E-state index contributed by atoms with van der Waals surface area (Å²) in [4.78, 5) is 29.1. The van der Waals surface area contributed by atoms with Gasteiger partial charge in [0.2, 0.25) is 5.91 Å². The van der Waals surface area contributed by atoms with Gasteiger partial charge in [0.15, 0.2) is 6.61 Å². The van der Waals surface area contributed by atoms with E-state index in [9.17, 15) is 9.59 Å². The predicted molar refractivity (Wildman–Crippen MR) is 119 cm³/mol. The van der Waals surface area contributed by atoms with Crippen LogP contribution in [0.15, 0.2) is 48.5 Å². The number of hydrogen-bond donors (Lipinski definition) is 0. The molecule has 2 aromatic carbocycles. The lowest BCUT2D eigenvalue weighted by Gasteiger charge is -2.36. The molecular weight excluding hydrogens is 416 g/mol. The van der Waals surface area contributed by atoms with Crippen molar-refractivity contribution < 1.29 is 19.1 Å². The first-order valence-electron chi connectivity index (χ1n) is 10.7. The number of benzene rings is 2. The largest absolute Gasteiger partial charge is 0.482 e. The van der Waals surface area contributed by atoms with E-state index in [1.54, 1.807) is 11.0 Å². The number of hydrogen-bond acceptors (Lipinski definition) is 4. The fourth-order valence-corrected chi connectivity index (χ4v) is 4.34. The Hall–Kier alpha value is -2.57. The van der Waals surface area contributed by atoms with Crippen LogP contribution in [-0.4, -0.2) is 67.6 Å². The Bertz CT molecular complexity index is 915. The van der Waals surface area contributed by atoms with E-state index in [2.05, 4.69) is 0 Å². The van der Waals surface area contributed by atoms with Gasteiger partial charge in [0, 0.05) is 26.2 Å². The molecule has 0 aliphatic carbocycles. The number of piperidine rings is 1. The van der Waals surface area contributed by atoms with E-state index in [0.29, 0.717) is 50.2 Å². The minimum Gasteiger partial charge on any atom is -0.482 e. The summed E-state index contributed by atoms with van der Waals surface area (Å²) in [5.74, 6) is 0.334. The van der Waals surface area contributed by atoms with Gasteiger partial charge in [-0.05, 0) is 36.1 Å². The van der Waals surface area contributed by atoms with Gasteiger partial charge >= 0.3 is 0 Å². The van der Waals surface area contributed by atoms with E-state index in [1.165, 1.54) is 0 Å². The standard InChI is InChI=1S/C24H27ClN2O4/c25-21-15-19(18-5-2-1-3-6-18)8-9-22(21)31-17-23(28)27-10-4-7-20(16-27)24(29)26-11-13-30-14-12-26/h1-3,5-6,8-9,15,20H,4,7,10-14,16-17H2. The highest BCUT2D eigenvalue weighted by Gasteiger charge is 2.32. The monoisotopic (exact) mass is 442 g/mol. The molecule has 0 spiro atoms. The number of likely N-dealkylation sites (tertiary alicyclic amines) is 1. The number of nitrogens with zero attached hydrogens (tertiary/aromatic N) is 2. The molecule has 2 saturated heterocycles. The third-order valence-corrected chi connectivity index (χ3v) is 6.13. The van der Waals surface area contributed by atoms with E-state index >= 15 is 0 Å². The molecule has 31 heavy (non-hydrogen) atoms. The molecule has 4 rings (SSSR count). The molecule has 2 heterocycles. The number of amides is 2. The first-order chi connectivity index (χ1) is 15.1. The van der Waals surface area contributed by atoms with Gasteiger partial charge in [-0.3, -0.25) is 9.59 Å². The van der Waals surface area contributed by atoms with Crippen molar-refractivity contribution in [1.29, 1.82) is 0 Å². The zero-order valence-electron chi connectivity index (χ0n) is 17.5. The lowest BCUT2D eigenvalue weighted by atomic mass is 9.96. The highest BCUT2D eigenvalue weighted by atomic mass is 35.5. The van der Waals surface area contributed by atoms with Gasteiger partial charge in [-0.2, -0.15) is 0 Å². The van der Waals surface area contributed by atoms with E-state index in [4.69, 9.17) is 21.1 Å². The summed E-state index contributed by atoms with van der Waals surface area (Å²) >= 11 is 6.39. The Morgan fingerprint density at radius 2 is 1.77 bits per heavy atom. The van der Waals surface area contributed by atoms with Crippen molar-refractivity contribution in [2.45, 2.75) is 12.8 Å². The highest BCUT2D eigenvalue weighted by molar-refractivity contribution is 6.32. The number of ether oxygens (including phenoxy) is 2. The molecule has 6 nitrogen and oxygen atoms in total. The van der Waals surface area contributed by atoms with Crippen LogP contribution >= 0.6 is 11.6 Å². The second-order valence-electron chi connectivity index (χ2n) is 7.92. The second kappa shape index (κ2) is 10.2. The summed E-state index contributed by atoms with van der Waals surface area (Å²) < 4.78 is 11.0. The fourth-order valence-electron chi connectivity index (χ4n) is 4.11. The van der Waals surface area contributed by atoms with Gasteiger partial charge in [0.05, 0.1) is 24.2 Å². The Morgan fingerprint density at radius 3 is 2.52 bits per heavy atom. The zero-order valence-corrected chi connectivity index (χ0v) is 18.2. The molecule has 1 atom stereocenters. The van der Waals surface area contributed by atoms with Crippen LogP contribution in [0.2, 0.25) is 5.02 Å². The first kappa shape index (κ1) is 21.7. The van der Waals surface area contributed by atoms with Crippen LogP contribution < -0.4 is 4.74 Å². The van der Waals surface area contributed by atoms with Gasteiger partial charge in [0.25, 0.3) is 5.91 Å². The van der Waals surface area contributed by atoms with E-state index in [-0.39, 0.29) is 24.3 Å². The molecule has 2 amide bonds. The summed E-state index contributed by atoms with van der Waals surface area (Å²) in [7, 11) is 0. The molecule has 0 aromatic heterocycles. The molecule has 2 fully saturated rings. The van der Waals surface area contributed by atoms with Crippen molar-refractivity contribution in [1.82, 2.24) is 9.80 Å². The Labute approximate surface area is 187 Å². The van der Waals surface area contributed by atoms with Crippen molar-refractivity contribution in [2.24, 2.45) is 5.92 Å². The van der Waals surface area contributed by atoms with Gasteiger partial charge in [-0.15, -0.1) is 0 Å². The average Bonchev–Trinajstić information content (AvgIpc) is 2.83. The highest BCUT2D eigenvalue weighted by Crippen LogP contribution is 2.30. The zero-order chi connectivity index (χ0) is 21.6. The molecule has 2 aromatic rings. The lowest BCUT2D eigenvalue weighted by Crippen LogP contribution is -2.50. The predicted octanol–water partition coefficient (Wildman–Crippen LogP) is 3.48. The summed E-state index contributed by atoms with van der Waals surface area (Å²) in [5, 5.41) is 0.466. The molecular formula is C24H27ClN2O4. The number of carbonyl (C=O) groups is 2. The van der Waals surface area contributed by atoms with E-state index in [1.807, 2.05) is 47.4 Å². The van der Waals surface area contributed by atoms with Gasteiger partial charge in [0.1, 0.15) is 5.75 Å². The maximum atomic E-state index is 12.8. The maximum Gasteiger partial charge on any atom is 0.260 e. The van der Waals surface area contributed by atoms with Crippen LogP contribution in [-0.2, 0) is 14.3 Å². The second-order valence-corrected chi connectivity index (χ2v) is 8.32. The van der Waals surface area contributed by atoms with Crippen molar-refractivity contribution in [3.8, 4) is 16.9 Å². The molecule has 0 radical (unpaired) electrons. The number of rotatable bonds is 5. The third-order valence-electron chi connectivity index (χ3n) is 5.84.